The van der Waals surface area contributed by atoms with Crippen molar-refractivity contribution in [1.82, 2.24) is 0 Å². The number of phenols is 1. The third-order valence-electron chi connectivity index (χ3n) is 2.26. The molecule has 0 fully saturated rings. The van der Waals surface area contributed by atoms with Gasteiger partial charge in [0, 0.05) is 16.5 Å². The number of rotatable bonds is 3. The molecule has 0 aliphatic heterocycles. The largest absolute Gasteiger partial charge is 0.507 e. The first-order chi connectivity index (χ1) is 7.18. The molecule has 4 heteroatoms. The molecule has 0 aliphatic carbocycles. The van der Waals surface area contributed by atoms with E-state index in [1.807, 2.05) is 11.4 Å². The number of carboxylic acids is 1. The average Bonchev–Trinajstić information content (AvgIpc) is 2.59. The van der Waals surface area contributed by atoms with Crippen LogP contribution in [0.15, 0.2) is 23.6 Å². The van der Waals surface area contributed by atoms with Crippen LogP contribution >= 0.6 is 11.3 Å². The molecule has 0 saturated carbocycles. The van der Waals surface area contributed by atoms with Crippen molar-refractivity contribution >= 4 is 27.4 Å². The van der Waals surface area contributed by atoms with Crippen LogP contribution in [0.1, 0.15) is 12.0 Å². The van der Waals surface area contributed by atoms with E-state index in [2.05, 4.69) is 0 Å². The minimum absolute atomic E-state index is 0.0974. The highest BCUT2D eigenvalue weighted by Gasteiger charge is 2.09. The molecule has 1 heterocycles. The lowest BCUT2D eigenvalue weighted by molar-refractivity contribution is -0.136. The second kappa shape index (κ2) is 3.90. The van der Waals surface area contributed by atoms with Gasteiger partial charge >= 0.3 is 5.97 Å². The van der Waals surface area contributed by atoms with E-state index in [1.165, 1.54) is 11.3 Å². The van der Waals surface area contributed by atoms with Crippen molar-refractivity contribution in [2.24, 2.45) is 0 Å². The second-order valence-electron chi connectivity index (χ2n) is 3.30. The molecule has 0 saturated heterocycles. The fraction of sp³-hybridized carbons (Fsp3) is 0.182. The first kappa shape index (κ1) is 9.98. The van der Waals surface area contributed by atoms with Crippen molar-refractivity contribution in [3.8, 4) is 5.75 Å². The van der Waals surface area contributed by atoms with Gasteiger partial charge in [0.1, 0.15) is 5.75 Å². The normalized spacial score (nSPS) is 10.7. The summed E-state index contributed by atoms with van der Waals surface area (Å²) in [4.78, 5) is 10.5. The van der Waals surface area contributed by atoms with E-state index >= 15 is 0 Å². The summed E-state index contributed by atoms with van der Waals surface area (Å²) in [7, 11) is 0. The molecule has 0 unspecified atom stereocenters. The molecule has 2 rings (SSSR count). The van der Waals surface area contributed by atoms with Gasteiger partial charge in [0.15, 0.2) is 0 Å². The third kappa shape index (κ3) is 1.94. The minimum Gasteiger partial charge on any atom is -0.507 e. The number of carboxylic acid groups (broad SMARTS) is 1. The Hall–Kier alpha value is -1.55. The van der Waals surface area contributed by atoms with Crippen LogP contribution in [0.5, 0.6) is 5.75 Å². The highest BCUT2D eigenvalue weighted by Crippen LogP contribution is 2.33. The van der Waals surface area contributed by atoms with E-state index < -0.39 is 5.97 Å². The number of hydrogen-bond acceptors (Lipinski definition) is 3. The maximum absolute atomic E-state index is 10.5. The van der Waals surface area contributed by atoms with Gasteiger partial charge in [0.2, 0.25) is 0 Å². The molecule has 15 heavy (non-hydrogen) atoms. The Kier molecular flexibility index (Phi) is 2.60. The summed E-state index contributed by atoms with van der Waals surface area (Å²) in [6.45, 7) is 0. The van der Waals surface area contributed by atoms with Gasteiger partial charge < -0.3 is 10.2 Å². The number of benzene rings is 1. The zero-order chi connectivity index (χ0) is 10.8. The van der Waals surface area contributed by atoms with Crippen LogP contribution in [0.2, 0.25) is 0 Å². The molecular formula is C11H10O3S. The zero-order valence-corrected chi connectivity index (χ0v) is 8.75. The molecule has 3 nitrogen and oxygen atoms in total. The predicted octanol–water partition coefficient (Wildman–Crippen LogP) is 2.62. The van der Waals surface area contributed by atoms with E-state index in [4.69, 9.17) is 5.11 Å². The zero-order valence-electron chi connectivity index (χ0n) is 7.93. The highest BCUT2D eigenvalue weighted by atomic mass is 32.1. The maximum Gasteiger partial charge on any atom is 0.303 e. The van der Waals surface area contributed by atoms with E-state index in [0.717, 1.165) is 15.6 Å². The molecule has 1 aromatic carbocycles. The lowest BCUT2D eigenvalue weighted by atomic mass is 10.1. The number of aliphatic carboxylic acids is 1. The number of hydrogen-bond donors (Lipinski definition) is 2. The number of aromatic hydroxyl groups is 1. The van der Waals surface area contributed by atoms with Crippen LogP contribution in [-0.2, 0) is 11.2 Å². The van der Waals surface area contributed by atoms with Crippen LogP contribution in [0.4, 0.5) is 0 Å². The summed E-state index contributed by atoms with van der Waals surface area (Å²) in [6.07, 6.45) is 0.563. The van der Waals surface area contributed by atoms with Crippen molar-refractivity contribution in [2.45, 2.75) is 12.8 Å². The summed E-state index contributed by atoms with van der Waals surface area (Å²) < 4.78 is 0.996. The van der Waals surface area contributed by atoms with Crippen LogP contribution in [0.3, 0.4) is 0 Å². The smallest absolute Gasteiger partial charge is 0.303 e. The SMILES string of the molecule is O=C(O)CCc1csc2cccc(O)c12. The Bertz CT molecular complexity index is 502. The summed E-state index contributed by atoms with van der Waals surface area (Å²) in [5.74, 6) is -0.584. The number of aryl methyl sites for hydroxylation is 1. The Labute approximate surface area is 90.6 Å². The number of carbonyl (C=O) groups is 1. The van der Waals surface area contributed by atoms with Gasteiger partial charge in [-0.3, -0.25) is 4.79 Å². The summed E-state index contributed by atoms with van der Waals surface area (Å²) in [5.41, 5.74) is 0.913. The predicted molar refractivity (Wildman–Crippen MR) is 59.4 cm³/mol. The molecule has 1 aromatic heterocycles. The minimum atomic E-state index is -0.815. The van der Waals surface area contributed by atoms with Gasteiger partial charge in [-0.05, 0) is 29.5 Å². The fourth-order valence-corrected chi connectivity index (χ4v) is 2.58. The molecule has 2 aromatic rings. The van der Waals surface area contributed by atoms with Crippen molar-refractivity contribution in [3.05, 3.63) is 29.1 Å². The molecule has 0 atom stereocenters. The monoisotopic (exact) mass is 222 g/mol. The summed E-state index contributed by atoms with van der Waals surface area (Å²) in [6, 6.07) is 5.33. The molecule has 0 aliphatic rings. The van der Waals surface area contributed by atoms with E-state index in [1.54, 1.807) is 12.1 Å². The fourth-order valence-electron chi connectivity index (χ4n) is 1.56. The molecule has 0 amide bonds. The quantitative estimate of drug-likeness (QED) is 0.839. The Balaban J connectivity index is 2.39. The van der Waals surface area contributed by atoms with Gasteiger partial charge in [-0.1, -0.05) is 6.07 Å². The van der Waals surface area contributed by atoms with Crippen LogP contribution in [-0.4, -0.2) is 16.2 Å². The first-order valence-corrected chi connectivity index (χ1v) is 5.46. The van der Waals surface area contributed by atoms with Crippen molar-refractivity contribution in [1.29, 1.82) is 0 Å². The van der Waals surface area contributed by atoms with Crippen LogP contribution in [0.25, 0.3) is 10.1 Å². The summed E-state index contributed by atoms with van der Waals surface area (Å²) in [5, 5.41) is 21.0. The van der Waals surface area contributed by atoms with Gasteiger partial charge in [-0.2, -0.15) is 0 Å². The number of fused-ring (bicyclic) bond motifs is 1. The van der Waals surface area contributed by atoms with Crippen molar-refractivity contribution < 1.29 is 15.0 Å². The molecular weight excluding hydrogens is 212 g/mol. The van der Waals surface area contributed by atoms with Crippen LogP contribution < -0.4 is 0 Å². The standard InChI is InChI=1S/C11H10O3S/c12-8-2-1-3-9-11(8)7(6-15-9)4-5-10(13)14/h1-3,6,12H,4-5H2,(H,13,14). The third-order valence-corrected chi connectivity index (χ3v) is 3.26. The first-order valence-electron chi connectivity index (χ1n) is 4.58. The van der Waals surface area contributed by atoms with Crippen molar-refractivity contribution in [2.75, 3.05) is 0 Å². The average molecular weight is 222 g/mol. The maximum atomic E-state index is 10.5. The van der Waals surface area contributed by atoms with E-state index in [9.17, 15) is 9.90 Å². The lowest BCUT2D eigenvalue weighted by Gasteiger charge is -1.99. The molecule has 0 spiro atoms. The van der Waals surface area contributed by atoms with Crippen LogP contribution in [0, 0.1) is 0 Å². The summed E-state index contributed by atoms with van der Waals surface area (Å²) >= 11 is 1.53. The number of phenolic OH excluding ortho intramolecular Hbond substituents is 1. The van der Waals surface area contributed by atoms with Gasteiger partial charge in [0.25, 0.3) is 0 Å². The van der Waals surface area contributed by atoms with E-state index in [-0.39, 0.29) is 12.2 Å². The molecule has 0 bridgehead atoms. The van der Waals surface area contributed by atoms with Gasteiger partial charge in [-0.15, -0.1) is 11.3 Å². The van der Waals surface area contributed by atoms with E-state index in [0.29, 0.717) is 6.42 Å². The topological polar surface area (TPSA) is 57.5 Å². The van der Waals surface area contributed by atoms with Crippen molar-refractivity contribution in [3.63, 3.8) is 0 Å². The molecule has 78 valence electrons. The Morgan fingerprint density at radius 3 is 2.93 bits per heavy atom. The highest BCUT2D eigenvalue weighted by molar-refractivity contribution is 7.17. The Morgan fingerprint density at radius 1 is 1.40 bits per heavy atom. The lowest BCUT2D eigenvalue weighted by Crippen LogP contribution is -1.96. The second-order valence-corrected chi connectivity index (χ2v) is 4.22. The molecule has 2 N–H and O–H groups in total. The van der Waals surface area contributed by atoms with Gasteiger partial charge in [0.05, 0.1) is 0 Å². The Morgan fingerprint density at radius 2 is 2.20 bits per heavy atom. The number of thiophene rings is 1. The van der Waals surface area contributed by atoms with Gasteiger partial charge in [-0.25, -0.2) is 0 Å². The molecule has 0 radical (unpaired) electrons.